The fraction of sp³-hybridized carbons (Fsp3) is 0.545. The first-order valence-corrected chi connectivity index (χ1v) is 5.77. The van der Waals surface area contributed by atoms with Crippen molar-refractivity contribution in [3.05, 3.63) is 18.2 Å². The van der Waals surface area contributed by atoms with Crippen LogP contribution in [-0.2, 0) is 11.2 Å². The Morgan fingerprint density at radius 3 is 2.83 bits per heavy atom. The predicted octanol–water partition coefficient (Wildman–Crippen LogP) is 0.457. The second kappa shape index (κ2) is 6.63. The highest BCUT2D eigenvalue weighted by atomic mass is 16.4. The van der Waals surface area contributed by atoms with Crippen LogP contribution in [0.4, 0.5) is 4.79 Å². The maximum atomic E-state index is 11.7. The minimum Gasteiger partial charge on any atom is -0.480 e. The number of aromatic nitrogens is 2. The Bertz CT molecular complexity index is 391. The van der Waals surface area contributed by atoms with E-state index in [1.807, 2.05) is 0 Å². The van der Waals surface area contributed by atoms with Gasteiger partial charge in [0.15, 0.2) is 0 Å². The lowest BCUT2D eigenvalue weighted by atomic mass is 10.2. The molecule has 0 spiro atoms. The zero-order chi connectivity index (χ0) is 13.5. The molecule has 1 aromatic rings. The SMILES string of the molecule is CCC(C(=O)O)N(C)C(=O)NCCc1cnc[nH]1. The van der Waals surface area contributed by atoms with Crippen molar-refractivity contribution in [1.82, 2.24) is 20.2 Å². The van der Waals surface area contributed by atoms with Gasteiger partial charge in [-0.1, -0.05) is 6.92 Å². The molecule has 0 aliphatic heterocycles. The lowest BCUT2D eigenvalue weighted by Crippen LogP contribution is -2.47. The molecule has 0 aliphatic rings. The smallest absolute Gasteiger partial charge is 0.326 e. The van der Waals surface area contributed by atoms with E-state index in [1.165, 1.54) is 11.9 Å². The van der Waals surface area contributed by atoms with Crippen molar-refractivity contribution in [2.24, 2.45) is 0 Å². The van der Waals surface area contributed by atoms with Gasteiger partial charge in [0.1, 0.15) is 6.04 Å². The van der Waals surface area contributed by atoms with Crippen LogP contribution >= 0.6 is 0 Å². The largest absolute Gasteiger partial charge is 0.480 e. The van der Waals surface area contributed by atoms with Gasteiger partial charge >= 0.3 is 12.0 Å². The van der Waals surface area contributed by atoms with E-state index in [9.17, 15) is 9.59 Å². The van der Waals surface area contributed by atoms with Crippen molar-refractivity contribution in [3.63, 3.8) is 0 Å². The Morgan fingerprint density at radius 2 is 2.33 bits per heavy atom. The van der Waals surface area contributed by atoms with Gasteiger partial charge in [0, 0.05) is 31.9 Å². The molecule has 0 aromatic carbocycles. The number of carbonyl (C=O) groups is 2. The average Bonchev–Trinajstić information content (AvgIpc) is 2.82. The van der Waals surface area contributed by atoms with Gasteiger partial charge in [-0.15, -0.1) is 0 Å². The molecular formula is C11H18N4O3. The van der Waals surface area contributed by atoms with Gasteiger partial charge in [-0.3, -0.25) is 0 Å². The van der Waals surface area contributed by atoms with Crippen molar-refractivity contribution in [2.75, 3.05) is 13.6 Å². The van der Waals surface area contributed by atoms with E-state index in [-0.39, 0.29) is 6.03 Å². The van der Waals surface area contributed by atoms with Crippen molar-refractivity contribution in [2.45, 2.75) is 25.8 Å². The second-order valence-electron chi connectivity index (χ2n) is 3.93. The molecule has 3 N–H and O–H groups in total. The average molecular weight is 254 g/mol. The molecule has 7 nitrogen and oxygen atoms in total. The summed E-state index contributed by atoms with van der Waals surface area (Å²) in [7, 11) is 1.48. The summed E-state index contributed by atoms with van der Waals surface area (Å²) in [6.07, 6.45) is 4.26. The molecule has 18 heavy (non-hydrogen) atoms. The van der Waals surface area contributed by atoms with Crippen LogP contribution in [0.3, 0.4) is 0 Å². The molecule has 0 bridgehead atoms. The number of hydrogen-bond donors (Lipinski definition) is 3. The van der Waals surface area contributed by atoms with Crippen molar-refractivity contribution in [3.8, 4) is 0 Å². The number of nitrogens with zero attached hydrogens (tertiary/aromatic N) is 2. The molecule has 2 amide bonds. The first kappa shape index (κ1) is 14.0. The summed E-state index contributed by atoms with van der Waals surface area (Å²) >= 11 is 0. The third-order valence-corrected chi connectivity index (χ3v) is 2.69. The first-order valence-electron chi connectivity index (χ1n) is 5.77. The van der Waals surface area contributed by atoms with Gasteiger partial charge < -0.3 is 20.3 Å². The third kappa shape index (κ3) is 3.76. The van der Waals surface area contributed by atoms with E-state index in [0.717, 1.165) is 5.69 Å². The summed E-state index contributed by atoms with van der Waals surface area (Å²) in [5.41, 5.74) is 0.920. The highest BCUT2D eigenvalue weighted by Gasteiger charge is 2.24. The number of rotatable bonds is 6. The van der Waals surface area contributed by atoms with E-state index < -0.39 is 12.0 Å². The van der Waals surface area contributed by atoms with Crippen molar-refractivity contribution >= 4 is 12.0 Å². The zero-order valence-electron chi connectivity index (χ0n) is 10.5. The number of hydrogen-bond acceptors (Lipinski definition) is 3. The van der Waals surface area contributed by atoms with Gasteiger partial charge in [-0.05, 0) is 6.42 Å². The Kier molecular flexibility index (Phi) is 5.16. The Labute approximate surface area is 105 Å². The van der Waals surface area contributed by atoms with Crippen molar-refractivity contribution in [1.29, 1.82) is 0 Å². The highest BCUT2D eigenvalue weighted by Crippen LogP contribution is 2.02. The minimum atomic E-state index is -0.997. The van der Waals surface area contributed by atoms with Crippen molar-refractivity contribution < 1.29 is 14.7 Å². The number of aliphatic carboxylic acids is 1. The molecule has 0 fully saturated rings. The number of carboxylic acids is 1. The number of carbonyl (C=O) groups excluding carboxylic acids is 1. The van der Waals surface area contributed by atoms with Crippen LogP contribution in [0, 0.1) is 0 Å². The van der Waals surface area contributed by atoms with Crippen LogP contribution in [-0.4, -0.2) is 51.6 Å². The fourth-order valence-corrected chi connectivity index (χ4v) is 1.61. The monoisotopic (exact) mass is 254 g/mol. The Morgan fingerprint density at radius 1 is 1.61 bits per heavy atom. The third-order valence-electron chi connectivity index (χ3n) is 2.69. The number of likely N-dealkylation sites (N-methyl/N-ethyl adjacent to an activating group) is 1. The number of amides is 2. The topological polar surface area (TPSA) is 98.3 Å². The van der Waals surface area contributed by atoms with Crippen LogP contribution in [0.5, 0.6) is 0 Å². The number of imidazole rings is 1. The molecule has 1 unspecified atom stereocenters. The molecular weight excluding hydrogens is 236 g/mol. The van der Waals surface area contributed by atoms with Gasteiger partial charge in [0.2, 0.25) is 0 Å². The molecule has 0 aliphatic carbocycles. The van der Waals surface area contributed by atoms with Crippen LogP contribution in [0.15, 0.2) is 12.5 Å². The van der Waals surface area contributed by atoms with Crippen LogP contribution in [0.2, 0.25) is 0 Å². The van der Waals surface area contributed by atoms with Gasteiger partial charge in [0.25, 0.3) is 0 Å². The van der Waals surface area contributed by atoms with Gasteiger partial charge in [0.05, 0.1) is 6.33 Å². The molecule has 1 rings (SSSR count). The standard InChI is InChI=1S/C11H18N4O3/c1-3-9(10(16)17)15(2)11(18)13-5-4-8-6-12-7-14-8/h6-7,9H,3-5H2,1-2H3,(H,12,14)(H,13,18)(H,16,17). The number of aromatic amines is 1. The summed E-state index contributed by atoms with van der Waals surface area (Å²) in [6.45, 7) is 2.16. The molecule has 0 saturated carbocycles. The fourth-order valence-electron chi connectivity index (χ4n) is 1.61. The number of carboxylic acid groups (broad SMARTS) is 1. The van der Waals surface area contributed by atoms with Gasteiger partial charge in [-0.2, -0.15) is 0 Å². The molecule has 1 aromatic heterocycles. The van der Waals surface area contributed by atoms with Crippen LogP contribution in [0.25, 0.3) is 0 Å². The first-order chi connectivity index (χ1) is 8.56. The van der Waals surface area contributed by atoms with E-state index >= 15 is 0 Å². The molecule has 1 heterocycles. The normalized spacial score (nSPS) is 11.9. The summed E-state index contributed by atoms with van der Waals surface area (Å²) < 4.78 is 0. The summed E-state index contributed by atoms with van der Waals surface area (Å²) in [5.74, 6) is -0.997. The quantitative estimate of drug-likeness (QED) is 0.686. The molecule has 1 atom stereocenters. The minimum absolute atomic E-state index is 0.375. The maximum Gasteiger partial charge on any atom is 0.326 e. The number of urea groups is 1. The molecule has 7 heteroatoms. The van der Waals surface area contributed by atoms with E-state index in [4.69, 9.17) is 5.11 Å². The zero-order valence-corrected chi connectivity index (χ0v) is 10.5. The molecule has 0 radical (unpaired) electrons. The predicted molar refractivity (Wildman–Crippen MR) is 65.2 cm³/mol. The van der Waals surface area contributed by atoms with E-state index in [0.29, 0.717) is 19.4 Å². The Balaban J connectivity index is 2.37. The van der Waals surface area contributed by atoms with E-state index in [2.05, 4.69) is 15.3 Å². The van der Waals surface area contributed by atoms with Crippen LogP contribution in [0.1, 0.15) is 19.0 Å². The highest BCUT2D eigenvalue weighted by molar-refractivity contribution is 5.82. The maximum absolute atomic E-state index is 11.7. The van der Waals surface area contributed by atoms with Crippen LogP contribution < -0.4 is 5.32 Å². The van der Waals surface area contributed by atoms with E-state index in [1.54, 1.807) is 19.4 Å². The number of nitrogens with one attached hydrogen (secondary N) is 2. The molecule has 0 saturated heterocycles. The second-order valence-corrected chi connectivity index (χ2v) is 3.93. The lowest BCUT2D eigenvalue weighted by molar-refractivity contribution is -0.141. The number of H-pyrrole nitrogens is 1. The summed E-state index contributed by atoms with van der Waals surface area (Å²) in [5, 5.41) is 11.6. The van der Waals surface area contributed by atoms with Gasteiger partial charge in [-0.25, -0.2) is 14.6 Å². The Hall–Kier alpha value is -2.05. The molecule has 100 valence electrons. The lowest BCUT2D eigenvalue weighted by Gasteiger charge is -2.23. The summed E-state index contributed by atoms with van der Waals surface area (Å²) in [6, 6.07) is -1.18. The summed E-state index contributed by atoms with van der Waals surface area (Å²) in [4.78, 5) is 30.6.